The van der Waals surface area contributed by atoms with Crippen LogP contribution < -0.4 is 4.90 Å². The summed E-state index contributed by atoms with van der Waals surface area (Å²) >= 11 is 0. The molecular formula is C20H32N8. The highest BCUT2D eigenvalue weighted by Gasteiger charge is 2.27. The SMILES string of the molecule is Cc1cc(C)nc(N2CCC(c3nnc(CN4CCN(C)CC4)n3C)CC2)n1. The summed E-state index contributed by atoms with van der Waals surface area (Å²) < 4.78 is 2.23. The van der Waals surface area contributed by atoms with Crippen LogP contribution in [-0.4, -0.2) is 80.8 Å². The molecule has 0 N–H and O–H groups in total. The van der Waals surface area contributed by atoms with Crippen LogP contribution in [0, 0.1) is 13.8 Å². The number of piperazine rings is 1. The molecule has 4 heterocycles. The molecule has 2 aliphatic rings. The first-order valence-electron chi connectivity index (χ1n) is 10.4. The number of anilines is 1. The number of aryl methyl sites for hydroxylation is 2. The van der Waals surface area contributed by atoms with Crippen LogP contribution in [0.1, 0.15) is 41.8 Å². The molecule has 4 rings (SSSR count). The summed E-state index contributed by atoms with van der Waals surface area (Å²) in [5.74, 6) is 3.54. The predicted octanol–water partition coefficient (Wildman–Crippen LogP) is 1.35. The average molecular weight is 385 g/mol. The fourth-order valence-electron chi connectivity index (χ4n) is 4.26. The van der Waals surface area contributed by atoms with Crippen LogP contribution in [0.4, 0.5) is 5.95 Å². The Labute approximate surface area is 167 Å². The van der Waals surface area contributed by atoms with Gasteiger partial charge in [0, 0.05) is 63.6 Å². The number of hydrogen-bond donors (Lipinski definition) is 0. The molecule has 8 heteroatoms. The summed E-state index contributed by atoms with van der Waals surface area (Å²) in [6.45, 7) is 11.4. The zero-order valence-corrected chi connectivity index (χ0v) is 17.6. The topological polar surface area (TPSA) is 66.2 Å². The van der Waals surface area contributed by atoms with Gasteiger partial charge < -0.3 is 14.4 Å². The number of nitrogens with zero attached hydrogens (tertiary/aromatic N) is 8. The molecule has 0 amide bonds. The molecule has 28 heavy (non-hydrogen) atoms. The molecule has 0 saturated carbocycles. The van der Waals surface area contributed by atoms with Crippen LogP contribution >= 0.6 is 0 Å². The first-order chi connectivity index (χ1) is 13.5. The Morgan fingerprint density at radius 1 is 0.893 bits per heavy atom. The maximum absolute atomic E-state index is 4.62. The van der Waals surface area contributed by atoms with Gasteiger partial charge in [0.2, 0.25) is 5.95 Å². The van der Waals surface area contributed by atoms with Crippen molar-refractivity contribution in [2.75, 3.05) is 51.2 Å². The third kappa shape index (κ3) is 4.17. The van der Waals surface area contributed by atoms with Crippen molar-refractivity contribution < 1.29 is 0 Å². The third-order valence-corrected chi connectivity index (χ3v) is 6.07. The molecule has 2 fully saturated rings. The number of hydrogen-bond acceptors (Lipinski definition) is 7. The molecule has 2 aromatic rings. The van der Waals surface area contributed by atoms with E-state index in [0.717, 1.165) is 87.6 Å². The van der Waals surface area contributed by atoms with Crippen molar-refractivity contribution in [2.24, 2.45) is 7.05 Å². The second-order valence-electron chi connectivity index (χ2n) is 8.32. The molecule has 0 radical (unpaired) electrons. The van der Waals surface area contributed by atoms with E-state index in [-0.39, 0.29) is 0 Å². The van der Waals surface area contributed by atoms with Gasteiger partial charge in [-0.2, -0.15) is 0 Å². The highest BCUT2D eigenvalue weighted by molar-refractivity contribution is 5.33. The Kier molecular flexibility index (Phi) is 5.59. The molecule has 0 atom stereocenters. The van der Waals surface area contributed by atoms with E-state index in [1.807, 2.05) is 19.9 Å². The van der Waals surface area contributed by atoms with Crippen LogP contribution in [0.3, 0.4) is 0 Å². The highest BCUT2D eigenvalue weighted by atomic mass is 15.3. The van der Waals surface area contributed by atoms with Crippen molar-refractivity contribution in [3.8, 4) is 0 Å². The van der Waals surface area contributed by atoms with Gasteiger partial charge in [0.05, 0.1) is 6.54 Å². The van der Waals surface area contributed by atoms with Crippen molar-refractivity contribution in [3.63, 3.8) is 0 Å². The van der Waals surface area contributed by atoms with Crippen molar-refractivity contribution >= 4 is 5.95 Å². The van der Waals surface area contributed by atoms with Gasteiger partial charge in [0.15, 0.2) is 0 Å². The quantitative estimate of drug-likeness (QED) is 0.788. The largest absolute Gasteiger partial charge is 0.341 e. The zero-order valence-electron chi connectivity index (χ0n) is 17.6. The highest BCUT2D eigenvalue weighted by Crippen LogP contribution is 2.28. The number of aromatic nitrogens is 5. The Morgan fingerprint density at radius 3 is 2.18 bits per heavy atom. The van der Waals surface area contributed by atoms with E-state index in [9.17, 15) is 0 Å². The van der Waals surface area contributed by atoms with E-state index < -0.39 is 0 Å². The second-order valence-corrected chi connectivity index (χ2v) is 8.32. The van der Waals surface area contributed by atoms with Crippen molar-refractivity contribution in [1.29, 1.82) is 0 Å². The number of likely N-dealkylation sites (N-methyl/N-ethyl adjacent to an activating group) is 1. The summed E-state index contributed by atoms with van der Waals surface area (Å²) in [4.78, 5) is 16.4. The van der Waals surface area contributed by atoms with Gasteiger partial charge in [-0.05, 0) is 39.8 Å². The smallest absolute Gasteiger partial charge is 0.225 e. The molecule has 0 bridgehead atoms. The van der Waals surface area contributed by atoms with Crippen molar-refractivity contribution in [2.45, 2.75) is 39.2 Å². The second kappa shape index (κ2) is 8.13. The minimum Gasteiger partial charge on any atom is -0.341 e. The average Bonchev–Trinajstić information content (AvgIpc) is 3.03. The zero-order chi connectivity index (χ0) is 19.7. The maximum Gasteiger partial charge on any atom is 0.225 e. The first kappa shape index (κ1) is 19.3. The minimum absolute atomic E-state index is 0.459. The summed E-state index contributed by atoms with van der Waals surface area (Å²) in [6.07, 6.45) is 2.13. The molecule has 2 aromatic heterocycles. The van der Waals surface area contributed by atoms with E-state index in [4.69, 9.17) is 0 Å². The Hall–Kier alpha value is -2.06. The lowest BCUT2D eigenvalue weighted by Crippen LogP contribution is -2.44. The molecule has 2 aliphatic heterocycles. The van der Waals surface area contributed by atoms with Gasteiger partial charge in [0.25, 0.3) is 0 Å². The Morgan fingerprint density at radius 2 is 1.54 bits per heavy atom. The van der Waals surface area contributed by atoms with E-state index in [0.29, 0.717) is 5.92 Å². The summed E-state index contributed by atoms with van der Waals surface area (Å²) in [7, 11) is 4.31. The van der Waals surface area contributed by atoms with Crippen LogP contribution in [-0.2, 0) is 13.6 Å². The molecule has 8 nitrogen and oxygen atoms in total. The normalized spacial score (nSPS) is 20.1. The molecule has 0 spiro atoms. The van der Waals surface area contributed by atoms with Crippen LogP contribution in [0.2, 0.25) is 0 Å². The minimum atomic E-state index is 0.459. The van der Waals surface area contributed by atoms with Gasteiger partial charge in [-0.15, -0.1) is 10.2 Å². The van der Waals surface area contributed by atoms with Crippen LogP contribution in [0.15, 0.2) is 6.07 Å². The van der Waals surface area contributed by atoms with Gasteiger partial charge in [-0.1, -0.05) is 0 Å². The molecule has 0 aromatic carbocycles. The van der Waals surface area contributed by atoms with Crippen molar-refractivity contribution in [1.82, 2.24) is 34.5 Å². The standard InChI is InChI=1S/C20H32N8/c1-15-13-16(2)22-20(21-15)28-7-5-17(6-8-28)19-24-23-18(26(19)4)14-27-11-9-25(3)10-12-27/h13,17H,5-12,14H2,1-4H3. The third-order valence-electron chi connectivity index (χ3n) is 6.07. The van der Waals surface area contributed by atoms with Crippen LogP contribution in [0.25, 0.3) is 0 Å². The monoisotopic (exact) mass is 384 g/mol. The molecule has 0 unspecified atom stereocenters. The van der Waals surface area contributed by atoms with Gasteiger partial charge in [0.1, 0.15) is 11.6 Å². The molecule has 152 valence electrons. The van der Waals surface area contributed by atoms with Crippen molar-refractivity contribution in [3.05, 3.63) is 29.1 Å². The number of piperidine rings is 1. The van der Waals surface area contributed by atoms with E-state index in [1.165, 1.54) is 0 Å². The molecular weight excluding hydrogens is 352 g/mol. The van der Waals surface area contributed by atoms with Gasteiger partial charge in [-0.25, -0.2) is 9.97 Å². The summed E-state index contributed by atoms with van der Waals surface area (Å²) in [5, 5.41) is 9.10. The lowest BCUT2D eigenvalue weighted by Gasteiger charge is -2.32. The Bertz CT molecular complexity index is 780. The Balaban J connectivity index is 1.37. The fourth-order valence-corrected chi connectivity index (χ4v) is 4.26. The van der Waals surface area contributed by atoms with E-state index in [2.05, 4.69) is 53.5 Å². The molecule has 2 saturated heterocycles. The lowest BCUT2D eigenvalue weighted by molar-refractivity contribution is 0.144. The summed E-state index contributed by atoms with van der Waals surface area (Å²) in [5.41, 5.74) is 2.07. The van der Waals surface area contributed by atoms with Gasteiger partial charge >= 0.3 is 0 Å². The van der Waals surface area contributed by atoms with E-state index in [1.54, 1.807) is 0 Å². The maximum atomic E-state index is 4.62. The lowest BCUT2D eigenvalue weighted by atomic mass is 9.96. The molecule has 0 aliphatic carbocycles. The fraction of sp³-hybridized carbons (Fsp3) is 0.700. The first-order valence-corrected chi connectivity index (χ1v) is 10.4. The number of rotatable bonds is 4. The van der Waals surface area contributed by atoms with Gasteiger partial charge in [-0.3, -0.25) is 4.90 Å². The predicted molar refractivity (Wildman–Crippen MR) is 109 cm³/mol. The van der Waals surface area contributed by atoms with Crippen LogP contribution in [0.5, 0.6) is 0 Å². The van der Waals surface area contributed by atoms with E-state index >= 15 is 0 Å². The summed E-state index contributed by atoms with van der Waals surface area (Å²) in [6, 6.07) is 2.03.